The Hall–Kier alpha value is -1.88. The number of aryl methyl sites for hydroxylation is 3. The first-order valence-electron chi connectivity index (χ1n) is 6.59. The molecule has 2 aromatic rings. The molecule has 0 saturated carbocycles. The van der Waals surface area contributed by atoms with Crippen molar-refractivity contribution in [2.75, 3.05) is 5.32 Å². The van der Waals surface area contributed by atoms with Gasteiger partial charge in [-0.1, -0.05) is 42.9 Å². The predicted octanol–water partition coefficient (Wildman–Crippen LogP) is 4.15. The van der Waals surface area contributed by atoms with E-state index in [1.54, 1.807) is 0 Å². The average Bonchev–Trinajstić information content (AvgIpc) is 2.78. The number of nitrogens with zero attached hydrogens (tertiary/aromatic N) is 1. The van der Waals surface area contributed by atoms with Gasteiger partial charge < -0.3 is 10.4 Å². The number of hydrogen-bond donors (Lipinski definition) is 2. The summed E-state index contributed by atoms with van der Waals surface area (Å²) in [4.78, 5) is 16.0. The smallest absolute Gasteiger partial charge is 0.347 e. The monoisotopic (exact) mass is 290 g/mol. The van der Waals surface area contributed by atoms with Crippen LogP contribution in [0.5, 0.6) is 0 Å². The summed E-state index contributed by atoms with van der Waals surface area (Å²) in [6.07, 6.45) is 1.57. The Balaban J connectivity index is 2.34. The average molecular weight is 290 g/mol. The first-order chi connectivity index (χ1) is 9.52. The second kappa shape index (κ2) is 6.05. The first-order valence-corrected chi connectivity index (χ1v) is 7.40. The van der Waals surface area contributed by atoms with Crippen LogP contribution in [-0.4, -0.2) is 16.1 Å². The highest BCUT2D eigenvalue weighted by atomic mass is 32.1. The van der Waals surface area contributed by atoms with Gasteiger partial charge in [0, 0.05) is 5.69 Å². The summed E-state index contributed by atoms with van der Waals surface area (Å²) in [7, 11) is 0. The lowest BCUT2D eigenvalue weighted by Crippen LogP contribution is -1.98. The minimum atomic E-state index is -0.902. The van der Waals surface area contributed by atoms with Gasteiger partial charge in [0.2, 0.25) is 0 Å². The van der Waals surface area contributed by atoms with Gasteiger partial charge in [-0.05, 0) is 31.4 Å². The van der Waals surface area contributed by atoms with Crippen molar-refractivity contribution in [1.29, 1.82) is 0 Å². The van der Waals surface area contributed by atoms with Gasteiger partial charge in [0.15, 0.2) is 5.13 Å². The first kappa shape index (κ1) is 14.5. The molecule has 0 unspecified atom stereocenters. The molecule has 0 radical (unpaired) electrons. The van der Waals surface area contributed by atoms with Gasteiger partial charge in [-0.3, -0.25) is 0 Å². The Labute approximate surface area is 122 Å². The molecule has 4 nitrogen and oxygen atoms in total. The number of benzene rings is 1. The topological polar surface area (TPSA) is 62.2 Å². The van der Waals surface area contributed by atoms with Crippen LogP contribution >= 0.6 is 11.3 Å². The van der Waals surface area contributed by atoms with Gasteiger partial charge in [0.1, 0.15) is 4.88 Å². The maximum absolute atomic E-state index is 11.2. The third-order valence-corrected chi connectivity index (χ3v) is 4.09. The number of para-hydroxylation sites is 1. The van der Waals surface area contributed by atoms with E-state index in [0.717, 1.165) is 23.2 Å². The van der Waals surface area contributed by atoms with Crippen LogP contribution < -0.4 is 5.32 Å². The standard InChI is InChI=1S/C15H18N2O2S/c1-4-6-11-13(14(18)19)20-15(16-11)17-12-9(2)7-5-8-10(12)3/h5,7-8H,4,6H2,1-3H3,(H,16,17)(H,18,19). The van der Waals surface area contributed by atoms with E-state index < -0.39 is 5.97 Å². The van der Waals surface area contributed by atoms with Crippen LogP contribution in [0.15, 0.2) is 18.2 Å². The molecule has 0 spiro atoms. The number of aromatic nitrogens is 1. The largest absolute Gasteiger partial charge is 0.477 e. The minimum absolute atomic E-state index is 0.334. The van der Waals surface area contributed by atoms with Gasteiger partial charge >= 0.3 is 5.97 Å². The van der Waals surface area contributed by atoms with Crippen molar-refractivity contribution in [2.24, 2.45) is 0 Å². The van der Waals surface area contributed by atoms with Crippen molar-refractivity contribution < 1.29 is 9.90 Å². The summed E-state index contributed by atoms with van der Waals surface area (Å²) in [5, 5.41) is 13.1. The highest BCUT2D eigenvalue weighted by molar-refractivity contribution is 7.17. The number of thiazole rings is 1. The predicted molar refractivity (Wildman–Crippen MR) is 82.3 cm³/mol. The van der Waals surface area contributed by atoms with Crippen LogP contribution in [0.4, 0.5) is 10.8 Å². The fourth-order valence-corrected chi connectivity index (χ4v) is 2.95. The van der Waals surface area contributed by atoms with E-state index in [1.807, 2.05) is 39.0 Å². The number of hydrogen-bond acceptors (Lipinski definition) is 4. The molecule has 0 atom stereocenters. The number of carbonyl (C=O) groups is 1. The third-order valence-electron chi connectivity index (χ3n) is 3.09. The lowest BCUT2D eigenvalue weighted by atomic mass is 10.1. The van der Waals surface area contributed by atoms with Gasteiger partial charge in [-0.25, -0.2) is 9.78 Å². The zero-order valence-electron chi connectivity index (χ0n) is 11.9. The fourth-order valence-electron chi connectivity index (χ4n) is 2.10. The highest BCUT2D eigenvalue weighted by Gasteiger charge is 2.17. The molecule has 0 fully saturated rings. The lowest BCUT2D eigenvalue weighted by molar-refractivity contribution is 0.0700. The number of aromatic carboxylic acids is 1. The van der Waals surface area contributed by atoms with Crippen LogP contribution in [0.1, 0.15) is 39.8 Å². The van der Waals surface area contributed by atoms with E-state index in [1.165, 1.54) is 11.3 Å². The van der Waals surface area contributed by atoms with Crippen LogP contribution in [0, 0.1) is 13.8 Å². The van der Waals surface area contributed by atoms with Gasteiger partial charge in [0.05, 0.1) is 5.69 Å². The summed E-state index contributed by atoms with van der Waals surface area (Å²) in [6.45, 7) is 6.06. The van der Waals surface area contributed by atoms with Crippen LogP contribution in [0.25, 0.3) is 0 Å². The number of carboxylic acid groups (broad SMARTS) is 1. The molecule has 0 bridgehead atoms. The Morgan fingerprint density at radius 1 is 1.35 bits per heavy atom. The Morgan fingerprint density at radius 2 is 2.00 bits per heavy atom. The van der Waals surface area contributed by atoms with Crippen LogP contribution in [-0.2, 0) is 6.42 Å². The molecular formula is C15H18N2O2S. The molecule has 1 heterocycles. The van der Waals surface area contributed by atoms with Gasteiger partial charge in [0.25, 0.3) is 0 Å². The second-order valence-corrected chi connectivity index (χ2v) is 5.74. The minimum Gasteiger partial charge on any atom is -0.477 e. The maximum Gasteiger partial charge on any atom is 0.347 e. The van der Waals surface area contributed by atoms with Gasteiger partial charge in [-0.15, -0.1) is 0 Å². The number of rotatable bonds is 5. The van der Waals surface area contributed by atoms with Crippen molar-refractivity contribution in [3.05, 3.63) is 39.9 Å². The zero-order chi connectivity index (χ0) is 14.7. The normalized spacial score (nSPS) is 10.6. The summed E-state index contributed by atoms with van der Waals surface area (Å²) in [5.41, 5.74) is 3.91. The quantitative estimate of drug-likeness (QED) is 0.868. The van der Waals surface area contributed by atoms with E-state index in [4.69, 9.17) is 0 Å². The van der Waals surface area contributed by atoms with Gasteiger partial charge in [-0.2, -0.15) is 0 Å². The van der Waals surface area contributed by atoms with E-state index in [2.05, 4.69) is 10.3 Å². The summed E-state index contributed by atoms with van der Waals surface area (Å²) < 4.78 is 0. The second-order valence-electron chi connectivity index (χ2n) is 4.74. The maximum atomic E-state index is 11.2. The summed E-state index contributed by atoms with van der Waals surface area (Å²) in [5.74, 6) is -0.902. The molecule has 20 heavy (non-hydrogen) atoms. The molecule has 106 valence electrons. The summed E-state index contributed by atoms with van der Waals surface area (Å²) >= 11 is 1.20. The van der Waals surface area contributed by atoms with E-state index >= 15 is 0 Å². The van der Waals surface area contributed by atoms with Crippen molar-refractivity contribution >= 4 is 28.1 Å². The fraction of sp³-hybridized carbons (Fsp3) is 0.333. The third kappa shape index (κ3) is 2.99. The van der Waals surface area contributed by atoms with Crippen molar-refractivity contribution in [2.45, 2.75) is 33.6 Å². The molecule has 2 rings (SSSR count). The van der Waals surface area contributed by atoms with Crippen LogP contribution in [0.3, 0.4) is 0 Å². The molecule has 0 aliphatic rings. The highest BCUT2D eigenvalue weighted by Crippen LogP contribution is 2.29. The molecule has 0 aliphatic carbocycles. The number of nitrogens with one attached hydrogen (secondary N) is 1. The number of carboxylic acids is 1. The molecule has 0 saturated heterocycles. The molecule has 0 aliphatic heterocycles. The summed E-state index contributed by atoms with van der Waals surface area (Å²) in [6, 6.07) is 6.05. The molecule has 0 amide bonds. The van der Waals surface area contributed by atoms with Crippen molar-refractivity contribution in [1.82, 2.24) is 4.98 Å². The van der Waals surface area contributed by atoms with Crippen molar-refractivity contribution in [3.8, 4) is 0 Å². The molecule has 5 heteroatoms. The molecule has 2 N–H and O–H groups in total. The zero-order valence-corrected chi connectivity index (χ0v) is 12.7. The SMILES string of the molecule is CCCc1nc(Nc2c(C)cccc2C)sc1C(=O)O. The molecule has 1 aromatic carbocycles. The Bertz CT molecular complexity index is 615. The molecular weight excluding hydrogens is 272 g/mol. The lowest BCUT2D eigenvalue weighted by Gasteiger charge is -2.09. The Morgan fingerprint density at radius 3 is 2.55 bits per heavy atom. The van der Waals surface area contributed by atoms with E-state index in [-0.39, 0.29) is 0 Å². The number of anilines is 2. The van der Waals surface area contributed by atoms with Crippen LogP contribution in [0.2, 0.25) is 0 Å². The Kier molecular flexibility index (Phi) is 4.39. The van der Waals surface area contributed by atoms with E-state index in [9.17, 15) is 9.90 Å². The molecule has 1 aromatic heterocycles. The van der Waals surface area contributed by atoms with E-state index in [0.29, 0.717) is 22.1 Å². The van der Waals surface area contributed by atoms with Crippen molar-refractivity contribution in [3.63, 3.8) is 0 Å².